The maximum absolute atomic E-state index is 11.6. The molecule has 130 valence electrons. The average Bonchev–Trinajstić information content (AvgIpc) is 2.41. The molecule has 0 atom stereocenters. The molecule has 0 aliphatic heterocycles. The van der Waals surface area contributed by atoms with Crippen LogP contribution in [0.2, 0.25) is 0 Å². The molecule has 0 saturated heterocycles. The Morgan fingerprint density at radius 3 is 2.35 bits per heavy atom. The Bertz CT molecular complexity index is 519. The topological polar surface area (TPSA) is 64.3 Å². The van der Waals surface area contributed by atoms with Gasteiger partial charge in [-0.25, -0.2) is 0 Å². The Labute approximate surface area is 140 Å². The van der Waals surface area contributed by atoms with Crippen molar-refractivity contribution in [1.29, 1.82) is 0 Å². The molecule has 0 spiro atoms. The summed E-state index contributed by atoms with van der Waals surface area (Å²) in [7, 11) is 0. The van der Waals surface area contributed by atoms with Crippen molar-refractivity contribution in [1.82, 2.24) is 0 Å². The molecular weight excluding hydrogens is 288 g/mol. The number of rotatable bonds is 8. The van der Waals surface area contributed by atoms with Gasteiger partial charge in [0.25, 0.3) is 0 Å². The third kappa shape index (κ3) is 7.91. The molecule has 0 heterocycles. The van der Waals surface area contributed by atoms with Crippen LogP contribution in [0.4, 0.5) is 11.4 Å². The van der Waals surface area contributed by atoms with Gasteiger partial charge in [-0.05, 0) is 70.7 Å². The van der Waals surface area contributed by atoms with Crippen molar-refractivity contribution in [2.45, 2.75) is 72.3 Å². The Morgan fingerprint density at radius 1 is 1.09 bits per heavy atom. The van der Waals surface area contributed by atoms with Crippen molar-refractivity contribution in [3.8, 4) is 0 Å². The SMILES string of the molecule is Cc1cc(N)c(NCCCCCCC(=O)OC(C)(C)C)cc1C. The molecule has 1 aromatic carbocycles. The Morgan fingerprint density at radius 2 is 1.70 bits per heavy atom. The van der Waals surface area contributed by atoms with Crippen molar-refractivity contribution in [2.75, 3.05) is 17.6 Å². The first-order valence-corrected chi connectivity index (χ1v) is 8.51. The van der Waals surface area contributed by atoms with Gasteiger partial charge in [0.15, 0.2) is 0 Å². The molecule has 1 aromatic rings. The number of nitrogen functional groups attached to an aromatic ring is 1. The van der Waals surface area contributed by atoms with E-state index in [4.69, 9.17) is 10.5 Å². The molecule has 0 aliphatic carbocycles. The molecule has 0 aromatic heterocycles. The minimum Gasteiger partial charge on any atom is -0.460 e. The van der Waals surface area contributed by atoms with Gasteiger partial charge in [-0.3, -0.25) is 4.79 Å². The van der Waals surface area contributed by atoms with Crippen LogP contribution in [-0.4, -0.2) is 18.1 Å². The van der Waals surface area contributed by atoms with Crippen LogP contribution in [0.1, 0.15) is 64.0 Å². The maximum atomic E-state index is 11.6. The molecule has 0 fully saturated rings. The van der Waals surface area contributed by atoms with E-state index in [9.17, 15) is 4.79 Å². The van der Waals surface area contributed by atoms with Crippen LogP contribution < -0.4 is 11.1 Å². The fourth-order valence-electron chi connectivity index (χ4n) is 2.36. The first-order chi connectivity index (χ1) is 10.7. The molecule has 0 amide bonds. The lowest BCUT2D eigenvalue weighted by molar-refractivity contribution is -0.154. The highest BCUT2D eigenvalue weighted by Crippen LogP contribution is 2.23. The summed E-state index contributed by atoms with van der Waals surface area (Å²) in [6, 6.07) is 4.12. The summed E-state index contributed by atoms with van der Waals surface area (Å²) in [5, 5.41) is 3.40. The molecule has 3 N–H and O–H groups in total. The third-order valence-corrected chi connectivity index (χ3v) is 3.71. The smallest absolute Gasteiger partial charge is 0.306 e. The largest absolute Gasteiger partial charge is 0.460 e. The minimum absolute atomic E-state index is 0.0986. The molecule has 4 nitrogen and oxygen atoms in total. The zero-order chi connectivity index (χ0) is 17.5. The summed E-state index contributed by atoms with van der Waals surface area (Å²) >= 11 is 0. The van der Waals surface area contributed by atoms with Crippen LogP contribution in [0.5, 0.6) is 0 Å². The fraction of sp³-hybridized carbons (Fsp3) is 0.632. The van der Waals surface area contributed by atoms with Crippen molar-refractivity contribution in [2.24, 2.45) is 0 Å². The van der Waals surface area contributed by atoms with Crippen LogP contribution in [-0.2, 0) is 9.53 Å². The Balaban J connectivity index is 2.15. The molecule has 23 heavy (non-hydrogen) atoms. The van der Waals surface area contributed by atoms with Crippen LogP contribution in [0.15, 0.2) is 12.1 Å². The second kappa shape index (κ2) is 8.80. The molecule has 0 aliphatic rings. The monoisotopic (exact) mass is 320 g/mol. The predicted octanol–water partition coefficient (Wildman–Crippen LogP) is 4.59. The van der Waals surface area contributed by atoms with Crippen molar-refractivity contribution in [3.05, 3.63) is 23.3 Å². The van der Waals surface area contributed by atoms with Gasteiger partial charge >= 0.3 is 5.97 Å². The van der Waals surface area contributed by atoms with E-state index in [1.54, 1.807) is 0 Å². The van der Waals surface area contributed by atoms with Crippen LogP contribution in [0, 0.1) is 13.8 Å². The number of hydrogen-bond acceptors (Lipinski definition) is 4. The van der Waals surface area contributed by atoms with Gasteiger partial charge in [-0.15, -0.1) is 0 Å². The van der Waals surface area contributed by atoms with Gasteiger partial charge in [0.05, 0.1) is 11.4 Å². The summed E-state index contributed by atoms with van der Waals surface area (Å²) in [5.41, 5.74) is 9.93. The van der Waals surface area contributed by atoms with Gasteiger partial charge in [0, 0.05) is 13.0 Å². The molecule has 0 saturated carbocycles. The molecule has 1 rings (SSSR count). The molecule has 0 radical (unpaired) electrons. The van der Waals surface area contributed by atoms with Gasteiger partial charge in [0.2, 0.25) is 0 Å². The number of unbranched alkanes of at least 4 members (excludes halogenated alkanes) is 3. The fourth-order valence-corrected chi connectivity index (χ4v) is 2.36. The van der Waals surface area contributed by atoms with E-state index in [0.29, 0.717) is 6.42 Å². The summed E-state index contributed by atoms with van der Waals surface area (Å²) in [6.45, 7) is 10.8. The van der Waals surface area contributed by atoms with Crippen LogP contribution in [0.3, 0.4) is 0 Å². The number of anilines is 2. The number of nitrogens with one attached hydrogen (secondary N) is 1. The molecule has 0 unspecified atom stereocenters. The number of benzene rings is 1. The normalized spacial score (nSPS) is 11.3. The van der Waals surface area contributed by atoms with E-state index in [-0.39, 0.29) is 11.6 Å². The van der Waals surface area contributed by atoms with Crippen molar-refractivity contribution in [3.63, 3.8) is 0 Å². The predicted molar refractivity (Wildman–Crippen MR) is 97.7 cm³/mol. The van der Waals surface area contributed by atoms with E-state index in [1.807, 2.05) is 26.8 Å². The van der Waals surface area contributed by atoms with Gasteiger partial charge in [0.1, 0.15) is 5.60 Å². The number of hydrogen-bond donors (Lipinski definition) is 2. The molecule has 0 bridgehead atoms. The summed E-state index contributed by atoms with van der Waals surface area (Å²) in [6.07, 6.45) is 4.61. The second-order valence-corrected chi connectivity index (χ2v) is 7.20. The molecule has 4 heteroatoms. The maximum Gasteiger partial charge on any atom is 0.306 e. The molecular formula is C19H32N2O2. The number of aryl methyl sites for hydroxylation is 2. The summed E-state index contributed by atoms with van der Waals surface area (Å²) in [5.74, 6) is -0.0986. The lowest BCUT2D eigenvalue weighted by Gasteiger charge is -2.19. The summed E-state index contributed by atoms with van der Waals surface area (Å²) < 4.78 is 5.29. The second-order valence-electron chi connectivity index (χ2n) is 7.20. The highest BCUT2D eigenvalue weighted by molar-refractivity contribution is 5.69. The highest BCUT2D eigenvalue weighted by atomic mass is 16.6. The van der Waals surface area contributed by atoms with Crippen molar-refractivity contribution >= 4 is 17.3 Å². The van der Waals surface area contributed by atoms with Gasteiger partial charge < -0.3 is 15.8 Å². The third-order valence-electron chi connectivity index (χ3n) is 3.71. The lowest BCUT2D eigenvalue weighted by atomic mass is 10.1. The van der Waals surface area contributed by atoms with E-state index in [0.717, 1.165) is 43.6 Å². The average molecular weight is 320 g/mol. The van der Waals surface area contributed by atoms with E-state index < -0.39 is 0 Å². The summed E-state index contributed by atoms with van der Waals surface area (Å²) in [4.78, 5) is 11.6. The Hall–Kier alpha value is -1.71. The first-order valence-electron chi connectivity index (χ1n) is 8.51. The highest BCUT2D eigenvalue weighted by Gasteiger charge is 2.15. The zero-order valence-electron chi connectivity index (χ0n) is 15.3. The number of carbonyl (C=O) groups is 1. The number of nitrogens with two attached hydrogens (primary N) is 1. The number of ether oxygens (including phenoxy) is 1. The standard InChI is InChI=1S/C19H32N2O2/c1-14-12-16(20)17(13-15(14)2)21-11-9-7-6-8-10-18(22)23-19(3,4)5/h12-13,21H,6-11,20H2,1-5H3. The Kier molecular flexibility index (Phi) is 7.40. The number of esters is 1. The first kappa shape index (κ1) is 19.3. The van der Waals surface area contributed by atoms with Crippen molar-refractivity contribution < 1.29 is 9.53 Å². The van der Waals surface area contributed by atoms with Crippen LogP contribution in [0.25, 0.3) is 0 Å². The van der Waals surface area contributed by atoms with Crippen LogP contribution >= 0.6 is 0 Å². The van der Waals surface area contributed by atoms with E-state index >= 15 is 0 Å². The zero-order valence-corrected chi connectivity index (χ0v) is 15.3. The van der Waals surface area contributed by atoms with Gasteiger partial charge in [-0.2, -0.15) is 0 Å². The minimum atomic E-state index is -0.382. The van der Waals surface area contributed by atoms with Gasteiger partial charge in [-0.1, -0.05) is 12.8 Å². The van der Waals surface area contributed by atoms with E-state index in [1.165, 1.54) is 11.1 Å². The number of carbonyl (C=O) groups excluding carboxylic acids is 1. The quantitative estimate of drug-likeness (QED) is 0.418. The van der Waals surface area contributed by atoms with E-state index in [2.05, 4.69) is 25.2 Å². The lowest BCUT2D eigenvalue weighted by Crippen LogP contribution is -2.23.